The summed E-state index contributed by atoms with van der Waals surface area (Å²) in [6, 6.07) is 0. The van der Waals surface area contributed by atoms with Crippen molar-refractivity contribution in [2.24, 2.45) is 17.6 Å². The molecule has 1 rings (SSSR count). The van der Waals surface area contributed by atoms with Gasteiger partial charge in [0.05, 0.1) is 18.1 Å². The van der Waals surface area contributed by atoms with E-state index in [1.807, 2.05) is 20.8 Å². The van der Waals surface area contributed by atoms with Crippen molar-refractivity contribution in [3.05, 3.63) is 0 Å². The molecule has 1 fully saturated rings. The van der Waals surface area contributed by atoms with E-state index >= 15 is 0 Å². The van der Waals surface area contributed by atoms with Gasteiger partial charge in [-0.1, -0.05) is 13.8 Å². The van der Waals surface area contributed by atoms with Crippen molar-refractivity contribution in [2.45, 2.75) is 32.7 Å². The lowest BCUT2D eigenvalue weighted by molar-refractivity contribution is -0.130. The maximum Gasteiger partial charge on any atom is 0.225 e. The summed E-state index contributed by atoms with van der Waals surface area (Å²) >= 11 is 0. The number of nitrogens with one attached hydrogen (secondary N) is 1. The Kier molecular flexibility index (Phi) is 8.21. The minimum atomic E-state index is -0.430. The van der Waals surface area contributed by atoms with Crippen molar-refractivity contribution < 1.29 is 14.3 Å². The predicted octanol–water partition coefficient (Wildman–Crippen LogP) is 0.393. The summed E-state index contributed by atoms with van der Waals surface area (Å²) in [5.41, 5.74) is 5.34. The maximum atomic E-state index is 12.3. The highest BCUT2D eigenvalue weighted by Crippen LogP contribution is 2.21. The van der Waals surface area contributed by atoms with E-state index in [1.165, 1.54) is 0 Å². The van der Waals surface area contributed by atoms with Crippen LogP contribution < -0.4 is 11.1 Å². The summed E-state index contributed by atoms with van der Waals surface area (Å²) < 4.78 is 4.97. The van der Waals surface area contributed by atoms with Crippen LogP contribution >= 0.6 is 12.4 Å². The lowest BCUT2D eigenvalue weighted by Crippen LogP contribution is -2.56. The summed E-state index contributed by atoms with van der Waals surface area (Å²) in [5, 5.41) is 3.01. The third-order valence-electron chi connectivity index (χ3n) is 4.26. The predicted molar refractivity (Wildman–Crippen MR) is 84.3 cm³/mol. The SMILES string of the molecule is COCCN1CC(C(=O)NC(C)(CN)C(C)C)CC1=O.Cl. The van der Waals surface area contributed by atoms with Crippen LogP contribution in [-0.2, 0) is 14.3 Å². The van der Waals surface area contributed by atoms with Gasteiger partial charge in [0, 0.05) is 33.2 Å². The summed E-state index contributed by atoms with van der Waals surface area (Å²) in [6.07, 6.45) is 0.272. The monoisotopic (exact) mass is 321 g/mol. The van der Waals surface area contributed by atoms with Crippen LogP contribution in [-0.4, -0.2) is 55.6 Å². The number of halogens is 1. The van der Waals surface area contributed by atoms with Gasteiger partial charge in [0.15, 0.2) is 0 Å². The van der Waals surface area contributed by atoms with Gasteiger partial charge in [-0.3, -0.25) is 9.59 Å². The molecule has 6 nitrogen and oxygen atoms in total. The van der Waals surface area contributed by atoms with Crippen LogP contribution in [0.1, 0.15) is 27.2 Å². The van der Waals surface area contributed by atoms with Crippen LogP contribution in [0.15, 0.2) is 0 Å². The second kappa shape index (κ2) is 8.56. The average Bonchev–Trinajstić information content (AvgIpc) is 2.77. The summed E-state index contributed by atoms with van der Waals surface area (Å²) in [7, 11) is 1.60. The van der Waals surface area contributed by atoms with Gasteiger partial charge in [0.25, 0.3) is 0 Å². The Labute approximate surface area is 133 Å². The second-order valence-corrected chi connectivity index (χ2v) is 6.00. The highest BCUT2D eigenvalue weighted by Gasteiger charge is 2.37. The van der Waals surface area contributed by atoms with Crippen molar-refractivity contribution in [3.63, 3.8) is 0 Å². The first kappa shape index (κ1) is 20.1. The molecule has 124 valence electrons. The van der Waals surface area contributed by atoms with E-state index in [-0.39, 0.29) is 42.5 Å². The number of carbonyl (C=O) groups excluding carboxylic acids is 2. The van der Waals surface area contributed by atoms with E-state index in [0.717, 1.165) is 0 Å². The van der Waals surface area contributed by atoms with Crippen molar-refractivity contribution in [1.82, 2.24) is 10.2 Å². The highest BCUT2D eigenvalue weighted by molar-refractivity contribution is 5.89. The molecule has 1 aliphatic rings. The molecule has 0 saturated carbocycles. The Balaban J connectivity index is 0.00000400. The molecule has 1 aliphatic heterocycles. The van der Waals surface area contributed by atoms with Crippen LogP contribution in [0.2, 0.25) is 0 Å². The molecule has 0 spiro atoms. The molecule has 3 N–H and O–H groups in total. The molecule has 2 atom stereocenters. The Morgan fingerprint density at radius 1 is 1.57 bits per heavy atom. The number of nitrogens with two attached hydrogens (primary N) is 1. The van der Waals surface area contributed by atoms with Crippen molar-refractivity contribution in [1.29, 1.82) is 0 Å². The Hall–Kier alpha value is -0.850. The highest BCUT2D eigenvalue weighted by atomic mass is 35.5. The number of hydrogen-bond acceptors (Lipinski definition) is 4. The van der Waals surface area contributed by atoms with Crippen LogP contribution in [0.3, 0.4) is 0 Å². The number of rotatable bonds is 7. The van der Waals surface area contributed by atoms with Crippen molar-refractivity contribution in [2.75, 3.05) is 33.4 Å². The topological polar surface area (TPSA) is 84.7 Å². The lowest BCUT2D eigenvalue weighted by atomic mass is 9.87. The van der Waals surface area contributed by atoms with Crippen molar-refractivity contribution >= 4 is 24.2 Å². The fraction of sp³-hybridized carbons (Fsp3) is 0.857. The van der Waals surface area contributed by atoms with E-state index < -0.39 is 5.54 Å². The molecule has 0 aromatic carbocycles. The molecular formula is C14H28ClN3O3. The van der Waals surface area contributed by atoms with E-state index in [2.05, 4.69) is 5.32 Å². The number of likely N-dealkylation sites (tertiary alicyclic amines) is 1. The number of nitrogens with zero attached hydrogens (tertiary/aromatic N) is 1. The molecule has 1 saturated heterocycles. The Morgan fingerprint density at radius 2 is 2.19 bits per heavy atom. The fourth-order valence-electron chi connectivity index (χ4n) is 2.18. The first-order chi connectivity index (χ1) is 9.34. The molecule has 1 heterocycles. The minimum Gasteiger partial charge on any atom is -0.383 e. The van der Waals surface area contributed by atoms with Gasteiger partial charge in [-0.25, -0.2) is 0 Å². The van der Waals surface area contributed by atoms with E-state index in [1.54, 1.807) is 12.0 Å². The number of carbonyl (C=O) groups is 2. The third-order valence-corrected chi connectivity index (χ3v) is 4.26. The summed E-state index contributed by atoms with van der Waals surface area (Å²) in [5.74, 6) is -0.122. The zero-order chi connectivity index (χ0) is 15.3. The molecule has 0 aromatic heterocycles. The molecule has 0 aromatic rings. The average molecular weight is 322 g/mol. The van der Waals surface area contributed by atoms with E-state index in [9.17, 15) is 9.59 Å². The van der Waals surface area contributed by atoms with E-state index in [0.29, 0.717) is 26.2 Å². The van der Waals surface area contributed by atoms with Gasteiger partial charge in [0.1, 0.15) is 0 Å². The van der Waals surface area contributed by atoms with Crippen molar-refractivity contribution in [3.8, 4) is 0 Å². The van der Waals surface area contributed by atoms with Gasteiger partial charge in [-0.15, -0.1) is 12.4 Å². The largest absolute Gasteiger partial charge is 0.383 e. The molecule has 2 amide bonds. The van der Waals surface area contributed by atoms with E-state index in [4.69, 9.17) is 10.5 Å². The Bertz CT molecular complexity index is 365. The molecular weight excluding hydrogens is 294 g/mol. The van der Waals surface area contributed by atoms with Gasteiger partial charge >= 0.3 is 0 Å². The van der Waals surface area contributed by atoms with Crippen LogP contribution in [0.5, 0.6) is 0 Å². The molecule has 0 aliphatic carbocycles. The standard InChI is InChI=1S/C14H27N3O3.ClH/c1-10(2)14(3,9-15)16-13(19)11-7-12(18)17(8-11)5-6-20-4;/h10-11H,5-9,15H2,1-4H3,(H,16,19);1H. The number of amides is 2. The smallest absolute Gasteiger partial charge is 0.225 e. The molecule has 0 radical (unpaired) electrons. The molecule has 7 heteroatoms. The summed E-state index contributed by atoms with van der Waals surface area (Å²) in [4.78, 5) is 25.8. The Morgan fingerprint density at radius 3 is 2.67 bits per heavy atom. The minimum absolute atomic E-state index is 0. The third kappa shape index (κ3) is 5.13. The maximum absolute atomic E-state index is 12.3. The summed E-state index contributed by atoms with van der Waals surface area (Å²) in [6.45, 7) is 7.87. The van der Waals surface area contributed by atoms with Crippen LogP contribution in [0.4, 0.5) is 0 Å². The second-order valence-electron chi connectivity index (χ2n) is 6.00. The van der Waals surface area contributed by atoms with Gasteiger partial charge in [-0.05, 0) is 12.8 Å². The number of ether oxygens (including phenoxy) is 1. The molecule has 21 heavy (non-hydrogen) atoms. The first-order valence-electron chi connectivity index (χ1n) is 7.13. The fourth-order valence-corrected chi connectivity index (χ4v) is 2.18. The van der Waals surface area contributed by atoms with Crippen LogP contribution in [0, 0.1) is 11.8 Å². The van der Waals surface area contributed by atoms with Gasteiger partial charge in [0.2, 0.25) is 11.8 Å². The lowest BCUT2D eigenvalue weighted by Gasteiger charge is -2.34. The first-order valence-corrected chi connectivity index (χ1v) is 7.13. The zero-order valence-corrected chi connectivity index (χ0v) is 14.2. The quantitative estimate of drug-likeness (QED) is 0.710. The van der Waals surface area contributed by atoms with Gasteiger partial charge in [-0.2, -0.15) is 0 Å². The number of methoxy groups -OCH3 is 1. The number of hydrogen-bond donors (Lipinski definition) is 2. The van der Waals surface area contributed by atoms with Gasteiger partial charge < -0.3 is 20.7 Å². The molecule has 2 unspecified atom stereocenters. The molecule has 0 bridgehead atoms. The zero-order valence-electron chi connectivity index (χ0n) is 13.3. The van der Waals surface area contributed by atoms with Crippen LogP contribution in [0.25, 0.3) is 0 Å². The normalized spacial score (nSPS) is 21.1.